The van der Waals surface area contributed by atoms with E-state index in [1.165, 1.54) is 4.90 Å². The standard InChI is InChI=1S/C24H30N6O/c1-16(2)13-24(4)22(31)30(23(26)29-24)15-19-7-11-21(12-8-19)28-17(3)27-20-9-5-18(14-25)6-10-20/h5-12,16-17,27-28H,13,15H2,1-4H3,(H2,26,29). The number of nitrogens with one attached hydrogen (secondary N) is 4. The quantitative estimate of drug-likeness (QED) is 0.483. The fraction of sp³-hybridized carbons (Fsp3) is 0.375. The van der Waals surface area contributed by atoms with Crippen LogP contribution < -0.4 is 16.0 Å². The minimum Gasteiger partial charge on any atom is -0.366 e. The number of hydrogen-bond donors (Lipinski definition) is 4. The second-order valence-electron chi connectivity index (χ2n) is 8.69. The molecule has 4 N–H and O–H groups in total. The second kappa shape index (κ2) is 9.09. The molecule has 31 heavy (non-hydrogen) atoms. The van der Waals surface area contributed by atoms with Gasteiger partial charge in [-0.05, 0) is 68.1 Å². The van der Waals surface area contributed by atoms with Gasteiger partial charge in [-0.1, -0.05) is 26.0 Å². The Bertz CT molecular complexity index is 977. The maximum atomic E-state index is 12.9. The Morgan fingerprint density at radius 2 is 1.61 bits per heavy atom. The number of amides is 1. The zero-order chi connectivity index (χ0) is 22.6. The molecule has 0 saturated carbocycles. The monoisotopic (exact) mass is 418 g/mol. The van der Waals surface area contributed by atoms with E-state index in [1.54, 1.807) is 12.1 Å². The van der Waals surface area contributed by atoms with Crippen molar-refractivity contribution in [1.82, 2.24) is 10.2 Å². The van der Waals surface area contributed by atoms with Crippen molar-refractivity contribution in [3.8, 4) is 6.07 Å². The van der Waals surface area contributed by atoms with Crippen molar-refractivity contribution in [3.05, 3.63) is 59.7 Å². The van der Waals surface area contributed by atoms with Crippen LogP contribution in [0, 0.1) is 22.7 Å². The number of rotatable bonds is 8. The van der Waals surface area contributed by atoms with Gasteiger partial charge >= 0.3 is 0 Å². The summed E-state index contributed by atoms with van der Waals surface area (Å²) in [5.74, 6) is 0.476. The Balaban J connectivity index is 1.58. The molecule has 162 valence electrons. The van der Waals surface area contributed by atoms with Gasteiger partial charge in [0, 0.05) is 11.4 Å². The molecular formula is C24H30N6O. The predicted molar refractivity (Wildman–Crippen MR) is 124 cm³/mol. The van der Waals surface area contributed by atoms with Crippen LogP contribution in [-0.2, 0) is 11.3 Å². The van der Waals surface area contributed by atoms with Gasteiger partial charge in [0.15, 0.2) is 5.96 Å². The molecule has 1 heterocycles. The fourth-order valence-electron chi connectivity index (χ4n) is 3.95. The molecule has 3 rings (SSSR count). The average Bonchev–Trinajstić information content (AvgIpc) is 2.92. The Morgan fingerprint density at radius 3 is 2.13 bits per heavy atom. The van der Waals surface area contributed by atoms with E-state index in [1.807, 2.05) is 50.2 Å². The summed E-state index contributed by atoms with van der Waals surface area (Å²) in [7, 11) is 0. The lowest BCUT2D eigenvalue weighted by molar-refractivity contribution is -0.131. The Hall–Kier alpha value is -3.53. The molecule has 0 bridgehead atoms. The summed E-state index contributed by atoms with van der Waals surface area (Å²) in [4.78, 5) is 14.4. The Kier molecular flexibility index (Phi) is 6.50. The summed E-state index contributed by atoms with van der Waals surface area (Å²) in [6, 6.07) is 17.3. The van der Waals surface area contributed by atoms with Crippen LogP contribution in [0.15, 0.2) is 48.5 Å². The minimum atomic E-state index is -0.709. The number of anilines is 2. The van der Waals surface area contributed by atoms with E-state index in [0.29, 0.717) is 24.4 Å². The summed E-state index contributed by atoms with van der Waals surface area (Å²) < 4.78 is 0. The minimum absolute atomic E-state index is 0.0203. The number of nitriles is 1. The van der Waals surface area contributed by atoms with E-state index in [2.05, 4.69) is 35.9 Å². The topological polar surface area (TPSA) is 104 Å². The first kappa shape index (κ1) is 22.2. The molecule has 2 aromatic carbocycles. The average molecular weight is 419 g/mol. The SMILES string of the molecule is CC(C)CC1(C)NC(=N)N(Cc2ccc(NC(C)Nc3ccc(C#N)cc3)cc2)C1=O. The van der Waals surface area contributed by atoms with Crippen molar-refractivity contribution < 1.29 is 4.79 Å². The van der Waals surface area contributed by atoms with E-state index in [0.717, 1.165) is 16.9 Å². The summed E-state index contributed by atoms with van der Waals surface area (Å²) in [6.45, 7) is 8.42. The van der Waals surface area contributed by atoms with Crippen molar-refractivity contribution in [2.75, 3.05) is 10.6 Å². The zero-order valence-electron chi connectivity index (χ0n) is 18.5. The van der Waals surface area contributed by atoms with E-state index < -0.39 is 5.54 Å². The van der Waals surface area contributed by atoms with Crippen molar-refractivity contribution in [1.29, 1.82) is 10.7 Å². The smallest absolute Gasteiger partial charge is 0.255 e. The highest BCUT2D eigenvalue weighted by atomic mass is 16.2. The molecular weight excluding hydrogens is 388 g/mol. The van der Waals surface area contributed by atoms with E-state index in [-0.39, 0.29) is 18.0 Å². The van der Waals surface area contributed by atoms with Gasteiger partial charge in [-0.3, -0.25) is 15.1 Å². The lowest BCUT2D eigenvalue weighted by Gasteiger charge is -2.24. The van der Waals surface area contributed by atoms with Crippen LogP contribution in [-0.4, -0.2) is 28.5 Å². The van der Waals surface area contributed by atoms with Crippen LogP contribution in [0.1, 0.15) is 45.2 Å². The molecule has 2 atom stereocenters. The number of benzene rings is 2. The third-order valence-electron chi connectivity index (χ3n) is 5.27. The van der Waals surface area contributed by atoms with E-state index in [4.69, 9.17) is 10.7 Å². The maximum Gasteiger partial charge on any atom is 0.255 e. The molecule has 0 aromatic heterocycles. The molecule has 0 radical (unpaired) electrons. The summed E-state index contributed by atoms with van der Waals surface area (Å²) in [5, 5.41) is 26.9. The zero-order valence-corrected chi connectivity index (χ0v) is 18.5. The molecule has 1 aliphatic rings. The number of guanidine groups is 1. The fourth-order valence-corrected chi connectivity index (χ4v) is 3.95. The molecule has 7 nitrogen and oxygen atoms in total. The molecule has 1 aliphatic heterocycles. The Labute approximate surface area is 184 Å². The highest BCUT2D eigenvalue weighted by Crippen LogP contribution is 2.26. The number of nitrogens with zero attached hydrogens (tertiary/aromatic N) is 2. The molecule has 2 unspecified atom stereocenters. The van der Waals surface area contributed by atoms with Crippen LogP contribution in [0.25, 0.3) is 0 Å². The van der Waals surface area contributed by atoms with Crippen LogP contribution in [0.5, 0.6) is 0 Å². The molecule has 0 aliphatic carbocycles. The summed E-state index contributed by atoms with van der Waals surface area (Å²) >= 11 is 0. The van der Waals surface area contributed by atoms with Crippen LogP contribution >= 0.6 is 0 Å². The highest BCUT2D eigenvalue weighted by molar-refractivity contribution is 6.07. The predicted octanol–water partition coefficient (Wildman–Crippen LogP) is 4.10. The number of carbonyl (C=O) groups excluding carboxylic acids is 1. The molecule has 1 saturated heterocycles. The van der Waals surface area contributed by atoms with Gasteiger partial charge in [0.2, 0.25) is 0 Å². The van der Waals surface area contributed by atoms with Crippen molar-refractivity contribution >= 4 is 23.2 Å². The first-order chi connectivity index (χ1) is 14.7. The lowest BCUT2D eigenvalue weighted by atomic mass is 9.91. The molecule has 0 spiro atoms. The van der Waals surface area contributed by atoms with Crippen LogP contribution in [0.4, 0.5) is 11.4 Å². The van der Waals surface area contributed by atoms with E-state index >= 15 is 0 Å². The van der Waals surface area contributed by atoms with Gasteiger partial charge in [-0.2, -0.15) is 5.26 Å². The van der Waals surface area contributed by atoms with Gasteiger partial charge in [-0.15, -0.1) is 0 Å². The van der Waals surface area contributed by atoms with Crippen LogP contribution in [0.2, 0.25) is 0 Å². The maximum absolute atomic E-state index is 12.9. The molecule has 1 fully saturated rings. The largest absolute Gasteiger partial charge is 0.366 e. The number of hydrogen-bond acceptors (Lipinski definition) is 5. The van der Waals surface area contributed by atoms with Gasteiger partial charge in [0.25, 0.3) is 5.91 Å². The second-order valence-corrected chi connectivity index (χ2v) is 8.69. The first-order valence-electron chi connectivity index (χ1n) is 10.5. The van der Waals surface area contributed by atoms with Gasteiger partial charge in [0.05, 0.1) is 24.3 Å². The summed E-state index contributed by atoms with van der Waals surface area (Å²) in [6.07, 6.45) is 0.672. The third-order valence-corrected chi connectivity index (χ3v) is 5.27. The van der Waals surface area contributed by atoms with Crippen LogP contribution in [0.3, 0.4) is 0 Å². The molecule has 7 heteroatoms. The molecule has 1 amide bonds. The normalized spacial score (nSPS) is 19.2. The van der Waals surface area contributed by atoms with E-state index in [9.17, 15) is 4.79 Å². The highest BCUT2D eigenvalue weighted by Gasteiger charge is 2.45. The van der Waals surface area contributed by atoms with Gasteiger partial charge < -0.3 is 16.0 Å². The van der Waals surface area contributed by atoms with Crippen molar-refractivity contribution in [2.24, 2.45) is 5.92 Å². The Morgan fingerprint density at radius 1 is 1.06 bits per heavy atom. The first-order valence-corrected chi connectivity index (χ1v) is 10.5. The number of carbonyl (C=O) groups is 1. The van der Waals surface area contributed by atoms with Crippen molar-refractivity contribution in [2.45, 2.75) is 52.4 Å². The van der Waals surface area contributed by atoms with Crippen molar-refractivity contribution in [3.63, 3.8) is 0 Å². The lowest BCUT2D eigenvalue weighted by Crippen LogP contribution is -2.44. The van der Waals surface area contributed by atoms with Gasteiger partial charge in [-0.25, -0.2) is 0 Å². The molecule has 2 aromatic rings. The third kappa shape index (κ3) is 5.34. The summed E-state index contributed by atoms with van der Waals surface area (Å²) in [5.41, 5.74) is 2.76. The van der Waals surface area contributed by atoms with Gasteiger partial charge in [0.1, 0.15) is 5.54 Å².